The lowest BCUT2D eigenvalue weighted by Crippen LogP contribution is -2.39. The van der Waals surface area contributed by atoms with E-state index in [0.29, 0.717) is 6.54 Å². The third-order valence-electron chi connectivity index (χ3n) is 4.05. The quantitative estimate of drug-likeness (QED) is 0.286. The molecule has 0 fully saturated rings. The van der Waals surface area contributed by atoms with Gasteiger partial charge in [-0.15, -0.1) is 24.0 Å². The molecule has 8 heteroatoms. The molecule has 2 heterocycles. The first kappa shape index (κ1) is 21.9. The highest BCUT2D eigenvalue weighted by Gasteiger charge is 2.02. The summed E-state index contributed by atoms with van der Waals surface area (Å²) in [5.41, 5.74) is 1.79. The Morgan fingerprint density at radius 2 is 1.82 bits per heavy atom. The van der Waals surface area contributed by atoms with Crippen LogP contribution >= 0.6 is 24.0 Å². The van der Waals surface area contributed by atoms with E-state index in [-0.39, 0.29) is 29.8 Å². The van der Waals surface area contributed by atoms with E-state index in [2.05, 4.69) is 25.3 Å². The molecule has 0 saturated heterocycles. The second kappa shape index (κ2) is 11.5. The van der Waals surface area contributed by atoms with E-state index in [1.165, 1.54) is 12.1 Å². The summed E-state index contributed by atoms with van der Waals surface area (Å²) < 4.78 is 16.9. The number of nitrogens with zero attached hydrogens (tertiary/aromatic N) is 4. The second-order valence-electron chi connectivity index (χ2n) is 6.09. The minimum absolute atomic E-state index is 0. The number of hydrogen-bond acceptors (Lipinski definition) is 2. The molecular formula is C20H26FIN6. The maximum atomic E-state index is 13.0. The Labute approximate surface area is 181 Å². The van der Waals surface area contributed by atoms with E-state index >= 15 is 0 Å². The first-order valence-electron chi connectivity index (χ1n) is 9.18. The highest BCUT2D eigenvalue weighted by molar-refractivity contribution is 14.0. The summed E-state index contributed by atoms with van der Waals surface area (Å²) in [7, 11) is 0. The molecule has 0 spiro atoms. The summed E-state index contributed by atoms with van der Waals surface area (Å²) in [5, 5.41) is 11.1. The van der Waals surface area contributed by atoms with Gasteiger partial charge in [-0.2, -0.15) is 5.10 Å². The summed E-state index contributed by atoms with van der Waals surface area (Å²) >= 11 is 0. The minimum Gasteiger partial charge on any atom is -0.357 e. The Morgan fingerprint density at radius 1 is 1.07 bits per heavy atom. The molecule has 2 aromatic heterocycles. The normalized spacial score (nSPS) is 11.1. The fourth-order valence-corrected chi connectivity index (χ4v) is 2.68. The number of nitrogens with one attached hydrogen (secondary N) is 2. The molecule has 0 unspecified atom stereocenters. The Morgan fingerprint density at radius 3 is 2.54 bits per heavy atom. The van der Waals surface area contributed by atoms with E-state index in [0.717, 1.165) is 43.4 Å². The zero-order chi connectivity index (χ0) is 18.9. The molecule has 3 aromatic rings. The Bertz CT molecular complexity index is 842. The van der Waals surface area contributed by atoms with Crippen LogP contribution in [0.4, 0.5) is 4.39 Å². The Hall–Kier alpha value is -2.36. The SMILES string of the molecule is CCNC(=NCCc1ccn(-c2ccc(F)cc2)n1)NCCn1cccc1.I. The molecule has 0 aliphatic carbocycles. The number of benzene rings is 1. The molecule has 6 nitrogen and oxygen atoms in total. The third kappa shape index (κ3) is 6.66. The number of aromatic nitrogens is 3. The summed E-state index contributed by atoms with van der Waals surface area (Å²) in [5.74, 6) is 0.559. The number of guanidine groups is 1. The van der Waals surface area contributed by atoms with Crippen molar-refractivity contribution >= 4 is 29.9 Å². The smallest absolute Gasteiger partial charge is 0.191 e. The molecule has 0 amide bonds. The molecule has 2 N–H and O–H groups in total. The molecule has 0 atom stereocenters. The molecule has 0 saturated carbocycles. The predicted molar refractivity (Wildman–Crippen MR) is 121 cm³/mol. The van der Waals surface area contributed by atoms with Crippen LogP contribution in [0.5, 0.6) is 0 Å². The van der Waals surface area contributed by atoms with Crippen LogP contribution in [0.25, 0.3) is 5.69 Å². The van der Waals surface area contributed by atoms with E-state index in [4.69, 9.17) is 0 Å². The van der Waals surface area contributed by atoms with Crippen LogP contribution in [0.1, 0.15) is 12.6 Å². The van der Waals surface area contributed by atoms with Gasteiger partial charge in [0.25, 0.3) is 0 Å². The van der Waals surface area contributed by atoms with Gasteiger partial charge in [-0.3, -0.25) is 4.99 Å². The predicted octanol–water partition coefficient (Wildman–Crippen LogP) is 3.23. The van der Waals surface area contributed by atoms with Crippen LogP contribution in [0, 0.1) is 5.82 Å². The number of halogens is 2. The van der Waals surface area contributed by atoms with Crippen molar-refractivity contribution < 1.29 is 4.39 Å². The molecule has 0 aliphatic rings. The summed E-state index contributed by atoms with van der Waals surface area (Å²) in [4.78, 5) is 4.61. The van der Waals surface area contributed by atoms with Gasteiger partial charge in [0.1, 0.15) is 5.82 Å². The maximum Gasteiger partial charge on any atom is 0.191 e. The molecule has 1 aromatic carbocycles. The monoisotopic (exact) mass is 496 g/mol. The molecule has 0 aliphatic heterocycles. The fraction of sp³-hybridized carbons (Fsp3) is 0.300. The van der Waals surface area contributed by atoms with E-state index in [9.17, 15) is 4.39 Å². The third-order valence-corrected chi connectivity index (χ3v) is 4.05. The number of hydrogen-bond donors (Lipinski definition) is 2. The Balaban J connectivity index is 0.00000280. The lowest BCUT2D eigenvalue weighted by molar-refractivity contribution is 0.627. The van der Waals surface area contributed by atoms with Gasteiger partial charge in [0.2, 0.25) is 0 Å². The van der Waals surface area contributed by atoms with Crippen molar-refractivity contribution in [2.45, 2.75) is 19.9 Å². The summed E-state index contributed by atoms with van der Waals surface area (Å²) in [6, 6.07) is 12.3. The van der Waals surface area contributed by atoms with Gasteiger partial charge in [-0.05, 0) is 49.4 Å². The van der Waals surface area contributed by atoms with Gasteiger partial charge >= 0.3 is 0 Å². The van der Waals surface area contributed by atoms with Crippen molar-refractivity contribution in [1.29, 1.82) is 0 Å². The van der Waals surface area contributed by atoms with Gasteiger partial charge in [0.05, 0.1) is 11.4 Å². The van der Waals surface area contributed by atoms with Crippen LogP contribution in [0.2, 0.25) is 0 Å². The first-order valence-corrected chi connectivity index (χ1v) is 9.18. The maximum absolute atomic E-state index is 13.0. The second-order valence-corrected chi connectivity index (χ2v) is 6.09. The molecule has 0 bridgehead atoms. The van der Waals surface area contributed by atoms with Crippen LogP contribution in [0.3, 0.4) is 0 Å². The van der Waals surface area contributed by atoms with E-state index < -0.39 is 0 Å². The van der Waals surface area contributed by atoms with Gasteiger partial charge in [-0.25, -0.2) is 9.07 Å². The van der Waals surface area contributed by atoms with Crippen molar-refractivity contribution in [3.8, 4) is 5.69 Å². The zero-order valence-corrected chi connectivity index (χ0v) is 18.2. The Kier molecular flexibility index (Phi) is 8.99. The molecule has 28 heavy (non-hydrogen) atoms. The lowest BCUT2D eigenvalue weighted by atomic mass is 10.3. The average Bonchev–Trinajstić information content (AvgIpc) is 3.34. The van der Waals surface area contributed by atoms with Crippen LogP contribution < -0.4 is 10.6 Å². The fourth-order valence-electron chi connectivity index (χ4n) is 2.68. The highest BCUT2D eigenvalue weighted by Crippen LogP contribution is 2.09. The van der Waals surface area contributed by atoms with Crippen molar-refractivity contribution in [1.82, 2.24) is 25.0 Å². The molecule has 150 valence electrons. The summed E-state index contributed by atoms with van der Waals surface area (Å²) in [6.45, 7) is 5.19. The molecule has 3 rings (SSSR count). The average molecular weight is 496 g/mol. The standard InChI is InChI=1S/C20H25FN6.HI/c1-2-22-20(24-12-16-26-13-3-4-14-26)23-11-9-18-10-15-27(25-18)19-7-5-17(21)6-8-19;/h3-8,10,13-15H,2,9,11-12,16H2,1H3,(H2,22,23,24);1H. The van der Waals surface area contributed by atoms with Gasteiger partial charge in [0, 0.05) is 51.2 Å². The van der Waals surface area contributed by atoms with Gasteiger partial charge in [0.15, 0.2) is 5.96 Å². The number of aliphatic imine (C=N–C) groups is 1. The van der Waals surface area contributed by atoms with Crippen LogP contribution in [-0.4, -0.2) is 39.9 Å². The number of rotatable bonds is 8. The first-order chi connectivity index (χ1) is 13.2. The van der Waals surface area contributed by atoms with Crippen molar-refractivity contribution in [3.63, 3.8) is 0 Å². The van der Waals surface area contributed by atoms with E-state index in [1.807, 2.05) is 43.7 Å². The highest BCUT2D eigenvalue weighted by atomic mass is 127. The molecular weight excluding hydrogens is 470 g/mol. The van der Waals surface area contributed by atoms with Crippen LogP contribution in [-0.2, 0) is 13.0 Å². The topological polar surface area (TPSA) is 59.2 Å². The largest absolute Gasteiger partial charge is 0.357 e. The van der Waals surface area contributed by atoms with Crippen molar-refractivity contribution in [2.75, 3.05) is 19.6 Å². The lowest BCUT2D eigenvalue weighted by Gasteiger charge is -2.11. The van der Waals surface area contributed by atoms with E-state index in [1.54, 1.807) is 16.8 Å². The summed E-state index contributed by atoms with van der Waals surface area (Å²) in [6.07, 6.45) is 6.71. The van der Waals surface area contributed by atoms with Gasteiger partial charge in [-0.1, -0.05) is 0 Å². The van der Waals surface area contributed by atoms with Crippen LogP contribution in [0.15, 0.2) is 66.0 Å². The van der Waals surface area contributed by atoms with Gasteiger partial charge < -0.3 is 15.2 Å². The van der Waals surface area contributed by atoms with Crippen molar-refractivity contribution in [2.24, 2.45) is 4.99 Å². The molecule has 0 radical (unpaired) electrons. The van der Waals surface area contributed by atoms with Crippen molar-refractivity contribution in [3.05, 3.63) is 72.6 Å². The minimum atomic E-state index is -0.249. The zero-order valence-electron chi connectivity index (χ0n) is 15.9.